The lowest BCUT2D eigenvalue weighted by molar-refractivity contribution is -0.0262. The molecule has 0 radical (unpaired) electrons. The second kappa shape index (κ2) is 6.01. The highest BCUT2D eigenvalue weighted by atomic mass is 79.9. The molecule has 1 fully saturated rings. The number of halogens is 1. The standard InChI is InChI=1S/C16H19BrN2O2/c1-11-16(20,6-8-21-11)10-18-9-12-4-5-14(17)13-3-2-7-19-15(12)13/h2-5,7,11,18,20H,6,8-10H2,1H3. The molecule has 0 saturated carbocycles. The van der Waals surface area contributed by atoms with Crippen LogP contribution in [0.5, 0.6) is 0 Å². The third-order valence-electron chi connectivity index (χ3n) is 4.21. The van der Waals surface area contributed by atoms with Gasteiger partial charge in [0, 0.05) is 42.2 Å². The van der Waals surface area contributed by atoms with Crippen LogP contribution in [-0.2, 0) is 11.3 Å². The summed E-state index contributed by atoms with van der Waals surface area (Å²) in [4.78, 5) is 4.47. The Morgan fingerprint density at radius 3 is 3.10 bits per heavy atom. The summed E-state index contributed by atoms with van der Waals surface area (Å²) in [6.07, 6.45) is 2.36. The molecule has 5 heteroatoms. The Kier molecular flexibility index (Phi) is 4.26. The minimum atomic E-state index is -0.765. The fourth-order valence-electron chi connectivity index (χ4n) is 2.76. The van der Waals surface area contributed by atoms with E-state index in [-0.39, 0.29) is 6.10 Å². The van der Waals surface area contributed by atoms with Gasteiger partial charge in [0.05, 0.1) is 11.6 Å². The molecular weight excluding hydrogens is 332 g/mol. The summed E-state index contributed by atoms with van der Waals surface area (Å²) >= 11 is 3.55. The molecule has 0 aliphatic carbocycles. The fraction of sp³-hybridized carbons (Fsp3) is 0.438. The predicted octanol–water partition coefficient (Wildman–Crippen LogP) is 2.63. The highest BCUT2D eigenvalue weighted by Crippen LogP contribution is 2.26. The summed E-state index contributed by atoms with van der Waals surface area (Å²) in [5, 5.41) is 14.9. The first kappa shape index (κ1) is 14.9. The van der Waals surface area contributed by atoms with Crippen molar-refractivity contribution in [2.24, 2.45) is 0 Å². The highest BCUT2D eigenvalue weighted by molar-refractivity contribution is 9.10. The first-order chi connectivity index (χ1) is 10.1. The molecule has 1 aromatic heterocycles. The quantitative estimate of drug-likeness (QED) is 0.889. The van der Waals surface area contributed by atoms with Crippen molar-refractivity contribution in [3.63, 3.8) is 0 Å². The van der Waals surface area contributed by atoms with Crippen LogP contribution >= 0.6 is 15.9 Å². The van der Waals surface area contributed by atoms with Gasteiger partial charge in [-0.25, -0.2) is 0 Å². The molecular formula is C16H19BrN2O2. The number of aromatic nitrogens is 1. The molecule has 2 N–H and O–H groups in total. The van der Waals surface area contributed by atoms with E-state index in [2.05, 4.69) is 38.4 Å². The molecule has 1 saturated heterocycles. The number of aliphatic hydroxyl groups is 1. The van der Waals surface area contributed by atoms with Crippen molar-refractivity contribution < 1.29 is 9.84 Å². The lowest BCUT2D eigenvalue weighted by atomic mass is 9.96. The second-order valence-electron chi connectivity index (χ2n) is 5.58. The summed E-state index contributed by atoms with van der Waals surface area (Å²) in [5.41, 5.74) is 1.35. The number of ether oxygens (including phenoxy) is 1. The van der Waals surface area contributed by atoms with Crippen molar-refractivity contribution in [2.75, 3.05) is 13.2 Å². The van der Waals surface area contributed by atoms with E-state index in [4.69, 9.17) is 4.74 Å². The number of hydrogen-bond acceptors (Lipinski definition) is 4. The Morgan fingerprint density at radius 2 is 2.33 bits per heavy atom. The lowest BCUT2D eigenvalue weighted by Crippen LogP contribution is -2.45. The second-order valence-corrected chi connectivity index (χ2v) is 6.43. The molecule has 1 aromatic carbocycles. The van der Waals surface area contributed by atoms with Crippen LogP contribution in [-0.4, -0.2) is 34.9 Å². The van der Waals surface area contributed by atoms with E-state index in [1.54, 1.807) is 6.20 Å². The van der Waals surface area contributed by atoms with Crippen molar-refractivity contribution in [1.82, 2.24) is 10.3 Å². The Hall–Kier alpha value is -1.01. The van der Waals surface area contributed by atoms with E-state index >= 15 is 0 Å². The molecule has 112 valence electrons. The van der Waals surface area contributed by atoms with Crippen LogP contribution in [0.1, 0.15) is 18.9 Å². The van der Waals surface area contributed by atoms with Gasteiger partial charge >= 0.3 is 0 Å². The average Bonchev–Trinajstić information content (AvgIpc) is 2.82. The smallest absolute Gasteiger partial charge is 0.105 e. The van der Waals surface area contributed by atoms with Crippen LogP contribution in [0.25, 0.3) is 10.9 Å². The number of rotatable bonds is 4. The minimum Gasteiger partial charge on any atom is -0.386 e. The van der Waals surface area contributed by atoms with Gasteiger partial charge in [-0.2, -0.15) is 0 Å². The average molecular weight is 351 g/mol. The van der Waals surface area contributed by atoms with Gasteiger partial charge in [0.2, 0.25) is 0 Å². The van der Waals surface area contributed by atoms with Gasteiger partial charge in [-0.1, -0.05) is 28.1 Å². The molecule has 21 heavy (non-hydrogen) atoms. The Labute approximate surface area is 132 Å². The molecule has 1 aliphatic rings. The van der Waals surface area contributed by atoms with Gasteiger partial charge in [-0.15, -0.1) is 0 Å². The van der Waals surface area contributed by atoms with Crippen molar-refractivity contribution in [2.45, 2.75) is 31.6 Å². The SMILES string of the molecule is CC1OCCC1(O)CNCc1ccc(Br)c2cccnc12. The first-order valence-electron chi connectivity index (χ1n) is 7.17. The van der Waals surface area contributed by atoms with Crippen molar-refractivity contribution in [3.8, 4) is 0 Å². The zero-order chi connectivity index (χ0) is 14.9. The van der Waals surface area contributed by atoms with Crippen LogP contribution in [0.2, 0.25) is 0 Å². The summed E-state index contributed by atoms with van der Waals surface area (Å²) in [7, 11) is 0. The molecule has 1 aliphatic heterocycles. The van der Waals surface area contributed by atoms with Crippen molar-refractivity contribution >= 4 is 26.8 Å². The number of pyridine rings is 1. The number of nitrogens with zero attached hydrogens (tertiary/aromatic N) is 1. The summed E-state index contributed by atoms with van der Waals surface area (Å²) < 4.78 is 6.50. The molecule has 0 amide bonds. The van der Waals surface area contributed by atoms with E-state index < -0.39 is 5.60 Å². The van der Waals surface area contributed by atoms with E-state index in [1.807, 2.05) is 19.1 Å². The predicted molar refractivity (Wildman–Crippen MR) is 86.1 cm³/mol. The zero-order valence-corrected chi connectivity index (χ0v) is 13.6. The Bertz CT molecular complexity index is 649. The molecule has 3 rings (SSSR count). The molecule has 2 atom stereocenters. The topological polar surface area (TPSA) is 54.4 Å². The maximum Gasteiger partial charge on any atom is 0.105 e. The van der Waals surface area contributed by atoms with Crippen LogP contribution in [0.4, 0.5) is 0 Å². The van der Waals surface area contributed by atoms with Crippen molar-refractivity contribution in [3.05, 3.63) is 40.5 Å². The molecule has 2 unspecified atom stereocenters. The largest absolute Gasteiger partial charge is 0.386 e. The number of fused-ring (bicyclic) bond motifs is 1. The van der Waals surface area contributed by atoms with Crippen LogP contribution in [0.15, 0.2) is 34.9 Å². The van der Waals surface area contributed by atoms with Gasteiger partial charge in [0.25, 0.3) is 0 Å². The van der Waals surface area contributed by atoms with Gasteiger partial charge in [0.1, 0.15) is 5.60 Å². The van der Waals surface area contributed by atoms with Crippen LogP contribution in [0.3, 0.4) is 0 Å². The zero-order valence-electron chi connectivity index (χ0n) is 12.0. The van der Waals surface area contributed by atoms with Crippen LogP contribution in [0, 0.1) is 0 Å². The minimum absolute atomic E-state index is 0.121. The number of benzene rings is 1. The molecule has 2 aromatic rings. The Morgan fingerprint density at radius 1 is 1.48 bits per heavy atom. The number of hydrogen-bond donors (Lipinski definition) is 2. The van der Waals surface area contributed by atoms with E-state index in [0.29, 0.717) is 26.1 Å². The Balaban J connectivity index is 1.73. The van der Waals surface area contributed by atoms with Crippen LogP contribution < -0.4 is 5.32 Å². The molecule has 0 spiro atoms. The first-order valence-corrected chi connectivity index (χ1v) is 7.96. The van der Waals surface area contributed by atoms with E-state index in [9.17, 15) is 5.11 Å². The van der Waals surface area contributed by atoms with Gasteiger partial charge < -0.3 is 15.2 Å². The molecule has 4 nitrogen and oxygen atoms in total. The lowest BCUT2D eigenvalue weighted by Gasteiger charge is -2.26. The maximum absolute atomic E-state index is 10.5. The maximum atomic E-state index is 10.5. The van der Waals surface area contributed by atoms with E-state index in [1.165, 1.54) is 0 Å². The normalized spacial score (nSPS) is 25.6. The third kappa shape index (κ3) is 2.97. The molecule has 2 heterocycles. The molecule has 0 bridgehead atoms. The van der Waals surface area contributed by atoms with Crippen molar-refractivity contribution in [1.29, 1.82) is 0 Å². The third-order valence-corrected chi connectivity index (χ3v) is 4.90. The van der Waals surface area contributed by atoms with Gasteiger partial charge in [-0.3, -0.25) is 4.98 Å². The summed E-state index contributed by atoms with van der Waals surface area (Å²) in [6.45, 7) is 3.75. The summed E-state index contributed by atoms with van der Waals surface area (Å²) in [5.74, 6) is 0. The monoisotopic (exact) mass is 350 g/mol. The fourth-order valence-corrected chi connectivity index (χ4v) is 3.21. The van der Waals surface area contributed by atoms with Gasteiger partial charge in [0.15, 0.2) is 0 Å². The highest BCUT2D eigenvalue weighted by Gasteiger charge is 2.38. The number of nitrogens with one attached hydrogen (secondary N) is 1. The van der Waals surface area contributed by atoms with Gasteiger partial charge in [-0.05, 0) is 24.6 Å². The summed E-state index contributed by atoms with van der Waals surface area (Å²) in [6, 6.07) is 8.09. The van der Waals surface area contributed by atoms with E-state index in [0.717, 1.165) is 20.9 Å².